The summed E-state index contributed by atoms with van der Waals surface area (Å²) >= 11 is 6.16. The average Bonchev–Trinajstić information content (AvgIpc) is 2.64. The van der Waals surface area contributed by atoms with Crippen LogP contribution in [-0.4, -0.2) is 18.6 Å². The Bertz CT molecular complexity index is 735. The van der Waals surface area contributed by atoms with E-state index in [1.54, 1.807) is 0 Å². The van der Waals surface area contributed by atoms with Crippen LogP contribution in [0.5, 0.6) is 5.75 Å². The first kappa shape index (κ1) is 21.3. The zero-order valence-electron chi connectivity index (χ0n) is 16.7. The van der Waals surface area contributed by atoms with Crippen LogP contribution in [0.4, 0.5) is 0 Å². The molecule has 3 nitrogen and oxygen atoms in total. The maximum atomic E-state index is 12.4. The van der Waals surface area contributed by atoms with E-state index in [4.69, 9.17) is 16.3 Å². The second-order valence-electron chi connectivity index (χ2n) is 7.78. The second-order valence-corrected chi connectivity index (χ2v) is 8.18. The molecule has 4 heteroatoms. The lowest BCUT2D eigenvalue weighted by Gasteiger charge is -2.21. The minimum Gasteiger partial charge on any atom is -0.481 e. The van der Waals surface area contributed by atoms with E-state index in [-0.39, 0.29) is 11.3 Å². The van der Waals surface area contributed by atoms with Gasteiger partial charge in [-0.25, -0.2) is 0 Å². The van der Waals surface area contributed by atoms with E-state index >= 15 is 0 Å². The number of carbonyl (C=O) groups excluding carboxylic acids is 1. The molecule has 146 valence electrons. The van der Waals surface area contributed by atoms with E-state index in [0.29, 0.717) is 13.0 Å². The molecule has 0 aliphatic rings. The van der Waals surface area contributed by atoms with Crippen molar-refractivity contribution in [3.63, 3.8) is 0 Å². The zero-order chi connectivity index (χ0) is 19.9. The average molecular weight is 388 g/mol. The van der Waals surface area contributed by atoms with Crippen LogP contribution in [0.1, 0.15) is 51.7 Å². The lowest BCUT2D eigenvalue weighted by atomic mass is 9.87. The van der Waals surface area contributed by atoms with Crippen molar-refractivity contribution >= 4 is 17.5 Å². The second kappa shape index (κ2) is 9.80. The van der Waals surface area contributed by atoms with Crippen LogP contribution in [-0.2, 0) is 16.6 Å². The van der Waals surface area contributed by atoms with Gasteiger partial charge in [0.1, 0.15) is 5.75 Å². The highest BCUT2D eigenvalue weighted by molar-refractivity contribution is 6.31. The van der Waals surface area contributed by atoms with Crippen molar-refractivity contribution in [2.45, 2.75) is 58.5 Å². The molecule has 27 heavy (non-hydrogen) atoms. The van der Waals surface area contributed by atoms with E-state index < -0.39 is 6.10 Å². The molecule has 0 radical (unpaired) electrons. The van der Waals surface area contributed by atoms with Crippen LogP contribution >= 0.6 is 11.6 Å². The van der Waals surface area contributed by atoms with E-state index in [1.807, 2.05) is 43.3 Å². The summed E-state index contributed by atoms with van der Waals surface area (Å²) in [6, 6.07) is 15.8. The number of carbonyl (C=O) groups is 1. The van der Waals surface area contributed by atoms with Crippen molar-refractivity contribution in [1.29, 1.82) is 0 Å². The number of hydrogen-bond acceptors (Lipinski definition) is 2. The molecule has 2 rings (SSSR count). The summed E-state index contributed by atoms with van der Waals surface area (Å²) in [5, 5.41) is 3.75. The highest BCUT2D eigenvalue weighted by Gasteiger charge is 2.19. The highest BCUT2D eigenvalue weighted by Crippen LogP contribution is 2.25. The number of halogens is 1. The van der Waals surface area contributed by atoms with Gasteiger partial charge < -0.3 is 10.1 Å². The van der Waals surface area contributed by atoms with Gasteiger partial charge in [-0.3, -0.25) is 4.79 Å². The Morgan fingerprint density at radius 2 is 1.78 bits per heavy atom. The first-order valence-corrected chi connectivity index (χ1v) is 9.97. The molecule has 1 atom stereocenters. The third-order valence-electron chi connectivity index (χ3n) is 4.54. The summed E-state index contributed by atoms with van der Waals surface area (Å²) in [7, 11) is 0. The monoisotopic (exact) mass is 387 g/mol. The smallest absolute Gasteiger partial charge is 0.261 e. The van der Waals surface area contributed by atoms with Crippen molar-refractivity contribution in [3.05, 3.63) is 64.7 Å². The minimum atomic E-state index is -0.481. The lowest BCUT2D eigenvalue weighted by molar-refractivity contribution is -0.128. The SMILES string of the molecule is CC[C@H](Oc1ccc(C(C)(C)C)cc1)C(=O)NCCCc1ccccc1Cl. The lowest BCUT2D eigenvalue weighted by Crippen LogP contribution is -2.38. The molecular weight excluding hydrogens is 358 g/mol. The molecule has 0 fully saturated rings. The standard InChI is InChI=1S/C23H30ClNO2/c1-5-21(27-19-14-12-18(13-15-19)23(2,3)4)22(26)25-16-8-10-17-9-6-7-11-20(17)24/h6-7,9,11-15,21H,5,8,10,16H2,1-4H3,(H,25,26)/t21-/m0/s1. The minimum absolute atomic E-state index is 0.0726. The summed E-state index contributed by atoms with van der Waals surface area (Å²) in [4.78, 5) is 12.4. The summed E-state index contributed by atoms with van der Waals surface area (Å²) < 4.78 is 5.89. The molecule has 2 aromatic carbocycles. The van der Waals surface area contributed by atoms with Gasteiger partial charge in [-0.05, 0) is 54.0 Å². The van der Waals surface area contributed by atoms with Gasteiger partial charge in [-0.2, -0.15) is 0 Å². The normalized spacial score (nSPS) is 12.5. The third kappa shape index (κ3) is 6.59. The Morgan fingerprint density at radius 1 is 1.11 bits per heavy atom. The van der Waals surface area contributed by atoms with Crippen molar-refractivity contribution in [3.8, 4) is 5.75 Å². The molecule has 0 spiro atoms. The number of ether oxygens (including phenoxy) is 1. The van der Waals surface area contributed by atoms with Crippen LogP contribution in [0.15, 0.2) is 48.5 Å². The van der Waals surface area contributed by atoms with Crippen LogP contribution in [0.2, 0.25) is 5.02 Å². The largest absolute Gasteiger partial charge is 0.481 e. The van der Waals surface area contributed by atoms with Gasteiger partial charge in [-0.1, -0.05) is 69.6 Å². The Balaban J connectivity index is 1.82. The Kier molecular flexibility index (Phi) is 7.73. The first-order valence-electron chi connectivity index (χ1n) is 9.59. The van der Waals surface area contributed by atoms with Gasteiger partial charge >= 0.3 is 0 Å². The topological polar surface area (TPSA) is 38.3 Å². The number of aryl methyl sites for hydroxylation is 1. The van der Waals surface area contributed by atoms with Gasteiger partial charge in [0.2, 0.25) is 0 Å². The number of benzene rings is 2. The summed E-state index contributed by atoms with van der Waals surface area (Å²) in [5.41, 5.74) is 2.45. The molecule has 0 unspecified atom stereocenters. The maximum Gasteiger partial charge on any atom is 0.261 e. The van der Waals surface area contributed by atoms with E-state index in [0.717, 1.165) is 29.2 Å². The van der Waals surface area contributed by atoms with E-state index in [9.17, 15) is 4.79 Å². The first-order chi connectivity index (χ1) is 12.8. The maximum absolute atomic E-state index is 12.4. The van der Waals surface area contributed by atoms with Crippen molar-refractivity contribution in [2.24, 2.45) is 0 Å². The molecule has 0 aliphatic carbocycles. The molecule has 1 amide bonds. The molecular formula is C23H30ClNO2. The summed E-state index contributed by atoms with van der Waals surface area (Å²) in [6.07, 6.45) is 1.82. The molecule has 0 saturated carbocycles. The number of rotatable bonds is 8. The number of nitrogens with one attached hydrogen (secondary N) is 1. The van der Waals surface area contributed by atoms with Crippen molar-refractivity contribution < 1.29 is 9.53 Å². The number of hydrogen-bond donors (Lipinski definition) is 1. The number of amides is 1. The van der Waals surface area contributed by atoms with Crippen molar-refractivity contribution in [1.82, 2.24) is 5.32 Å². The fourth-order valence-electron chi connectivity index (χ4n) is 2.83. The molecule has 0 saturated heterocycles. The predicted octanol–water partition coefficient (Wildman–Crippen LogP) is 5.54. The molecule has 0 bridgehead atoms. The van der Waals surface area contributed by atoms with E-state index in [2.05, 4.69) is 38.2 Å². The third-order valence-corrected chi connectivity index (χ3v) is 4.91. The van der Waals surface area contributed by atoms with Crippen LogP contribution in [0.25, 0.3) is 0 Å². The Morgan fingerprint density at radius 3 is 2.37 bits per heavy atom. The Labute approximate surface area is 168 Å². The van der Waals surface area contributed by atoms with Crippen LogP contribution < -0.4 is 10.1 Å². The van der Waals surface area contributed by atoms with Gasteiger partial charge in [-0.15, -0.1) is 0 Å². The molecule has 1 N–H and O–H groups in total. The fraction of sp³-hybridized carbons (Fsp3) is 0.435. The van der Waals surface area contributed by atoms with Gasteiger partial charge in [0, 0.05) is 11.6 Å². The molecule has 0 aromatic heterocycles. The molecule has 0 heterocycles. The summed E-state index contributed by atoms with van der Waals surface area (Å²) in [5.74, 6) is 0.651. The Hall–Kier alpha value is -2.00. The van der Waals surface area contributed by atoms with Gasteiger partial charge in [0.25, 0.3) is 5.91 Å². The van der Waals surface area contributed by atoms with Gasteiger partial charge in [0.05, 0.1) is 0 Å². The highest BCUT2D eigenvalue weighted by atomic mass is 35.5. The molecule has 0 aliphatic heterocycles. The van der Waals surface area contributed by atoms with Crippen LogP contribution in [0, 0.1) is 0 Å². The fourth-order valence-corrected chi connectivity index (χ4v) is 3.06. The predicted molar refractivity (Wildman–Crippen MR) is 113 cm³/mol. The van der Waals surface area contributed by atoms with Crippen LogP contribution in [0.3, 0.4) is 0 Å². The molecule has 2 aromatic rings. The van der Waals surface area contributed by atoms with Gasteiger partial charge in [0.15, 0.2) is 6.10 Å². The van der Waals surface area contributed by atoms with Crippen molar-refractivity contribution in [2.75, 3.05) is 6.54 Å². The summed E-state index contributed by atoms with van der Waals surface area (Å²) in [6.45, 7) is 9.08. The zero-order valence-corrected chi connectivity index (χ0v) is 17.5. The quantitative estimate of drug-likeness (QED) is 0.603. The van der Waals surface area contributed by atoms with E-state index in [1.165, 1.54) is 5.56 Å².